The highest BCUT2D eigenvalue weighted by Gasteiger charge is 2.46. The van der Waals surface area contributed by atoms with Crippen molar-refractivity contribution < 1.29 is 0 Å². The molecule has 0 aromatic carbocycles. The maximum absolute atomic E-state index is 3.38. The Hall–Kier alpha value is -0.223. The lowest BCUT2D eigenvalue weighted by atomic mass is 10.2. The third kappa shape index (κ3) is 2.37. The first-order valence-corrected chi connectivity index (χ1v) is 8.00. The summed E-state index contributed by atoms with van der Waals surface area (Å²) >= 11 is 0. The van der Waals surface area contributed by atoms with Gasteiger partial charge in [-0.3, -0.25) is 0 Å². The summed E-state index contributed by atoms with van der Waals surface area (Å²) in [6.07, 6.45) is 0. The number of rotatable bonds is 1. The van der Waals surface area contributed by atoms with Crippen molar-refractivity contribution in [3.8, 4) is 11.8 Å². The summed E-state index contributed by atoms with van der Waals surface area (Å²) < 4.78 is 0. The molecule has 0 aliphatic carbocycles. The molecule has 0 nitrogen and oxygen atoms in total. The van der Waals surface area contributed by atoms with E-state index < -0.39 is 8.07 Å². The van der Waals surface area contributed by atoms with Gasteiger partial charge < -0.3 is 0 Å². The molecule has 0 saturated heterocycles. The van der Waals surface area contributed by atoms with Gasteiger partial charge in [0.2, 0.25) is 0 Å². The second-order valence-electron chi connectivity index (χ2n) is 5.88. The van der Waals surface area contributed by atoms with Crippen molar-refractivity contribution in [3.63, 3.8) is 0 Å². The van der Waals surface area contributed by atoms with Crippen LogP contribution in [0.1, 0.15) is 41.5 Å². The topological polar surface area (TPSA) is 0 Å². The van der Waals surface area contributed by atoms with Crippen LogP contribution in [0.2, 0.25) is 23.2 Å². The van der Waals surface area contributed by atoms with Crippen LogP contribution in [0.3, 0.4) is 0 Å². The lowest BCUT2D eigenvalue weighted by Gasteiger charge is -2.46. The average molecular weight is 196 g/mol. The molecule has 0 N–H and O–H groups in total. The molecule has 0 bridgehead atoms. The highest BCUT2D eigenvalue weighted by Crippen LogP contribution is 2.50. The summed E-state index contributed by atoms with van der Waals surface area (Å²) in [6.45, 7) is 18.4. The minimum absolute atomic E-state index is 0.208. The van der Waals surface area contributed by atoms with Gasteiger partial charge in [-0.2, -0.15) is 0 Å². The predicted octanol–water partition coefficient (Wildman–Crippen LogP) is 4.30. The van der Waals surface area contributed by atoms with Gasteiger partial charge in [0.05, 0.1) is 8.07 Å². The molecule has 0 aromatic heterocycles. The van der Waals surface area contributed by atoms with E-state index in [1.807, 2.05) is 6.92 Å². The number of hydrogen-bond acceptors (Lipinski definition) is 0. The van der Waals surface area contributed by atoms with Crippen molar-refractivity contribution in [2.75, 3.05) is 0 Å². The van der Waals surface area contributed by atoms with Crippen LogP contribution >= 0.6 is 0 Å². The van der Waals surface area contributed by atoms with Gasteiger partial charge in [0.15, 0.2) is 0 Å². The minimum atomic E-state index is -1.33. The molecule has 0 amide bonds. The Morgan fingerprint density at radius 1 is 0.923 bits per heavy atom. The van der Waals surface area contributed by atoms with Crippen molar-refractivity contribution in [1.29, 1.82) is 0 Å². The molecule has 0 spiro atoms. The van der Waals surface area contributed by atoms with Crippen molar-refractivity contribution in [3.05, 3.63) is 0 Å². The van der Waals surface area contributed by atoms with Crippen molar-refractivity contribution in [1.82, 2.24) is 0 Å². The molecule has 0 radical (unpaired) electrons. The first kappa shape index (κ1) is 12.8. The van der Waals surface area contributed by atoms with E-state index in [9.17, 15) is 0 Å². The molecule has 76 valence electrons. The smallest absolute Gasteiger partial charge is 0.0727 e. The maximum Gasteiger partial charge on any atom is 0.0727 e. The van der Waals surface area contributed by atoms with Crippen LogP contribution in [0.5, 0.6) is 0 Å². The minimum Gasteiger partial charge on any atom is -0.106 e. The van der Waals surface area contributed by atoms with Gasteiger partial charge >= 0.3 is 0 Å². The molecule has 0 heterocycles. The van der Waals surface area contributed by atoms with Gasteiger partial charge in [-0.1, -0.05) is 47.7 Å². The van der Waals surface area contributed by atoms with Gasteiger partial charge in [0.25, 0.3) is 0 Å². The fraction of sp³-hybridized carbons (Fsp3) is 0.833. The molecule has 13 heavy (non-hydrogen) atoms. The van der Waals surface area contributed by atoms with Crippen LogP contribution in [0.25, 0.3) is 0 Å². The van der Waals surface area contributed by atoms with Gasteiger partial charge in [-0.25, -0.2) is 0 Å². The summed E-state index contributed by atoms with van der Waals surface area (Å²) in [5, 5.41) is 0.625. The Kier molecular flexibility index (Phi) is 3.44. The zero-order valence-electron chi connectivity index (χ0n) is 10.5. The van der Waals surface area contributed by atoms with Crippen molar-refractivity contribution in [2.24, 2.45) is 0 Å². The standard InChI is InChI=1S/C12H24Si/c1-9-10-12(5,6)13(7,8)11(2,3)4/h1-8H3. The Labute approximate surface area is 85.1 Å². The van der Waals surface area contributed by atoms with Crippen LogP contribution < -0.4 is 0 Å². The van der Waals surface area contributed by atoms with E-state index in [2.05, 4.69) is 59.6 Å². The van der Waals surface area contributed by atoms with Gasteiger partial charge in [-0.05, 0) is 12.0 Å². The fourth-order valence-corrected chi connectivity index (χ4v) is 3.72. The first-order valence-electron chi connectivity index (χ1n) is 5.00. The number of hydrogen-bond donors (Lipinski definition) is 0. The van der Waals surface area contributed by atoms with Crippen LogP contribution in [0, 0.1) is 11.8 Å². The lowest BCUT2D eigenvalue weighted by Crippen LogP contribution is -2.46. The zero-order valence-corrected chi connectivity index (χ0v) is 11.5. The highest BCUT2D eigenvalue weighted by atomic mass is 28.3. The largest absolute Gasteiger partial charge is 0.106 e. The van der Waals surface area contributed by atoms with E-state index in [0.29, 0.717) is 5.04 Å². The Bertz CT molecular complexity index is 230. The summed E-state index contributed by atoms with van der Waals surface area (Å²) in [5.74, 6) is 6.45. The van der Waals surface area contributed by atoms with Crippen LogP contribution in [-0.2, 0) is 0 Å². The predicted molar refractivity (Wildman–Crippen MR) is 64.7 cm³/mol. The monoisotopic (exact) mass is 196 g/mol. The van der Waals surface area contributed by atoms with E-state index in [1.54, 1.807) is 0 Å². The normalized spacial score (nSPS) is 13.5. The molecule has 0 saturated carbocycles. The molecule has 0 aliphatic rings. The Balaban J connectivity index is 5.11. The fourth-order valence-electron chi connectivity index (χ4n) is 1.41. The second kappa shape index (κ2) is 3.50. The molecular formula is C12H24Si. The lowest BCUT2D eigenvalue weighted by molar-refractivity contribution is 0.664. The maximum atomic E-state index is 3.38. The summed E-state index contributed by atoms with van der Waals surface area (Å²) in [5.41, 5.74) is 0. The van der Waals surface area contributed by atoms with Crippen LogP contribution in [0.15, 0.2) is 0 Å². The van der Waals surface area contributed by atoms with E-state index in [4.69, 9.17) is 0 Å². The van der Waals surface area contributed by atoms with E-state index in [0.717, 1.165) is 0 Å². The van der Waals surface area contributed by atoms with Crippen molar-refractivity contribution in [2.45, 2.75) is 64.7 Å². The van der Waals surface area contributed by atoms with Crippen molar-refractivity contribution >= 4 is 8.07 Å². The third-order valence-electron chi connectivity index (χ3n) is 3.88. The van der Waals surface area contributed by atoms with Crippen LogP contribution in [-0.4, -0.2) is 8.07 Å². The van der Waals surface area contributed by atoms with Crippen LogP contribution in [0.4, 0.5) is 0 Å². The van der Waals surface area contributed by atoms with Gasteiger partial charge in [-0.15, -0.1) is 11.8 Å². The molecule has 1 heteroatoms. The Morgan fingerprint density at radius 3 is 1.54 bits per heavy atom. The second-order valence-corrected chi connectivity index (χ2v) is 11.9. The summed E-state index contributed by atoms with van der Waals surface area (Å²) in [7, 11) is -1.33. The Morgan fingerprint density at radius 2 is 1.31 bits per heavy atom. The molecule has 0 unspecified atom stereocenters. The van der Waals surface area contributed by atoms with E-state index in [1.165, 1.54) is 0 Å². The van der Waals surface area contributed by atoms with E-state index in [-0.39, 0.29) is 5.04 Å². The third-order valence-corrected chi connectivity index (χ3v) is 10.9. The summed E-state index contributed by atoms with van der Waals surface area (Å²) in [6, 6.07) is 0. The first-order chi connectivity index (χ1) is 5.56. The molecule has 0 atom stereocenters. The average Bonchev–Trinajstić information content (AvgIpc) is 1.84. The highest BCUT2D eigenvalue weighted by molar-refractivity contribution is 6.83. The molecule has 0 aliphatic heterocycles. The molecular weight excluding hydrogens is 172 g/mol. The summed E-state index contributed by atoms with van der Waals surface area (Å²) in [4.78, 5) is 0. The van der Waals surface area contributed by atoms with Gasteiger partial charge in [0, 0.05) is 5.04 Å². The van der Waals surface area contributed by atoms with Gasteiger partial charge in [0.1, 0.15) is 0 Å². The molecule has 0 aromatic rings. The molecule has 0 fully saturated rings. The SMILES string of the molecule is CC#CC(C)(C)[Si](C)(C)C(C)(C)C. The quantitative estimate of drug-likeness (QED) is 0.433. The van der Waals surface area contributed by atoms with E-state index >= 15 is 0 Å². The molecule has 0 rings (SSSR count). The zero-order chi connectivity index (χ0) is 10.9.